The summed E-state index contributed by atoms with van der Waals surface area (Å²) in [6.07, 6.45) is 1.09. The van der Waals surface area contributed by atoms with E-state index in [0.717, 1.165) is 0 Å². The van der Waals surface area contributed by atoms with Gasteiger partial charge in [0.25, 0.3) is 0 Å². The molecule has 0 aromatic carbocycles. The summed E-state index contributed by atoms with van der Waals surface area (Å²) in [7, 11) is 0. The van der Waals surface area contributed by atoms with E-state index < -0.39 is 0 Å². The van der Waals surface area contributed by atoms with Gasteiger partial charge in [0.15, 0.2) is 5.65 Å². The summed E-state index contributed by atoms with van der Waals surface area (Å²) in [6, 6.07) is 3.55. The number of carbonyl (C=O) groups excluding carboxylic acids is 1. The van der Waals surface area contributed by atoms with Gasteiger partial charge in [-0.15, -0.1) is 14.8 Å². The maximum atomic E-state index is 11.1. The Bertz CT molecular complexity index is 526. The van der Waals surface area contributed by atoms with Crippen LogP contribution in [0.4, 0.5) is 5.82 Å². The minimum absolute atomic E-state index is 0.178. The minimum Gasteiger partial charge on any atom is -0.466 e. The standard InChI is InChI=1S/C10H14N6O2/c1-2-18-10(17)4-3-7-11-8-5-6-9-12-14-15-16(9)13-8/h5-6H,2-4,7H2,1H3,(H,11,13). The predicted molar refractivity (Wildman–Crippen MR) is 62.9 cm³/mol. The van der Waals surface area contributed by atoms with Gasteiger partial charge < -0.3 is 10.1 Å². The molecule has 18 heavy (non-hydrogen) atoms. The maximum absolute atomic E-state index is 11.1. The highest BCUT2D eigenvalue weighted by atomic mass is 16.5. The summed E-state index contributed by atoms with van der Waals surface area (Å²) in [5, 5.41) is 18.2. The summed E-state index contributed by atoms with van der Waals surface area (Å²) in [5.41, 5.74) is 0.590. The number of ether oxygens (including phenoxy) is 1. The molecule has 2 aromatic rings. The third-order valence-electron chi connectivity index (χ3n) is 2.24. The first kappa shape index (κ1) is 12.2. The van der Waals surface area contributed by atoms with Crippen LogP contribution in [0.25, 0.3) is 5.65 Å². The molecule has 0 aliphatic rings. The number of esters is 1. The van der Waals surface area contributed by atoms with Crippen molar-refractivity contribution in [1.82, 2.24) is 25.3 Å². The lowest BCUT2D eigenvalue weighted by molar-refractivity contribution is -0.143. The fourth-order valence-corrected chi connectivity index (χ4v) is 1.43. The molecule has 0 saturated heterocycles. The number of tetrazole rings is 1. The highest BCUT2D eigenvalue weighted by molar-refractivity contribution is 5.69. The van der Waals surface area contributed by atoms with E-state index in [2.05, 4.69) is 25.9 Å². The summed E-state index contributed by atoms with van der Waals surface area (Å²) in [5.74, 6) is 0.488. The number of nitrogens with one attached hydrogen (secondary N) is 1. The average Bonchev–Trinajstić information content (AvgIpc) is 2.82. The van der Waals surface area contributed by atoms with Crippen molar-refractivity contribution in [2.75, 3.05) is 18.5 Å². The zero-order chi connectivity index (χ0) is 12.8. The fraction of sp³-hybridized carbons (Fsp3) is 0.500. The fourth-order valence-electron chi connectivity index (χ4n) is 1.43. The van der Waals surface area contributed by atoms with Gasteiger partial charge in [-0.2, -0.15) is 0 Å². The molecule has 2 rings (SSSR count). The Morgan fingerprint density at radius 2 is 2.39 bits per heavy atom. The molecular formula is C10H14N6O2. The summed E-state index contributed by atoms with van der Waals surface area (Å²) in [6.45, 7) is 2.85. The van der Waals surface area contributed by atoms with E-state index >= 15 is 0 Å². The van der Waals surface area contributed by atoms with Crippen LogP contribution in [-0.2, 0) is 9.53 Å². The first-order valence-corrected chi connectivity index (χ1v) is 5.74. The second-order valence-electron chi connectivity index (χ2n) is 3.58. The SMILES string of the molecule is CCOC(=O)CCCNc1ccc2nnnn2n1. The molecule has 0 saturated carbocycles. The molecule has 2 aromatic heterocycles. The molecule has 96 valence electrons. The van der Waals surface area contributed by atoms with Gasteiger partial charge in [-0.3, -0.25) is 4.79 Å². The van der Waals surface area contributed by atoms with Gasteiger partial charge in [0.2, 0.25) is 0 Å². The number of fused-ring (bicyclic) bond motifs is 1. The maximum Gasteiger partial charge on any atom is 0.305 e. The third kappa shape index (κ3) is 3.12. The van der Waals surface area contributed by atoms with Gasteiger partial charge in [0, 0.05) is 13.0 Å². The van der Waals surface area contributed by atoms with E-state index in [4.69, 9.17) is 4.74 Å². The monoisotopic (exact) mass is 250 g/mol. The Morgan fingerprint density at radius 3 is 3.22 bits per heavy atom. The average molecular weight is 250 g/mol. The van der Waals surface area contributed by atoms with Crippen molar-refractivity contribution in [2.45, 2.75) is 19.8 Å². The number of rotatable bonds is 6. The van der Waals surface area contributed by atoms with Crippen molar-refractivity contribution in [3.63, 3.8) is 0 Å². The molecule has 0 aliphatic carbocycles. The van der Waals surface area contributed by atoms with Crippen LogP contribution in [-0.4, -0.2) is 44.4 Å². The van der Waals surface area contributed by atoms with Crippen molar-refractivity contribution in [3.8, 4) is 0 Å². The number of hydrogen-bond donors (Lipinski definition) is 1. The molecule has 0 aliphatic heterocycles. The molecular weight excluding hydrogens is 236 g/mol. The summed E-state index contributed by atoms with van der Waals surface area (Å²) in [4.78, 5) is 11.1. The summed E-state index contributed by atoms with van der Waals surface area (Å²) >= 11 is 0. The first-order chi connectivity index (χ1) is 8.79. The second-order valence-corrected chi connectivity index (χ2v) is 3.58. The molecule has 0 spiro atoms. The van der Waals surface area contributed by atoms with Crippen molar-refractivity contribution >= 4 is 17.4 Å². The first-order valence-electron chi connectivity index (χ1n) is 5.74. The van der Waals surface area contributed by atoms with Gasteiger partial charge in [-0.05, 0) is 35.9 Å². The number of aromatic nitrogens is 5. The topological polar surface area (TPSA) is 94.3 Å². The van der Waals surface area contributed by atoms with Crippen molar-refractivity contribution in [3.05, 3.63) is 12.1 Å². The van der Waals surface area contributed by atoms with E-state index in [1.54, 1.807) is 19.1 Å². The zero-order valence-electron chi connectivity index (χ0n) is 10.0. The molecule has 8 heteroatoms. The predicted octanol–water partition coefficient (Wildman–Crippen LogP) is 0.274. The molecule has 8 nitrogen and oxygen atoms in total. The molecule has 0 radical (unpaired) electrons. The Balaban J connectivity index is 1.77. The van der Waals surface area contributed by atoms with E-state index in [-0.39, 0.29) is 5.97 Å². The van der Waals surface area contributed by atoms with Gasteiger partial charge in [0.05, 0.1) is 6.61 Å². The van der Waals surface area contributed by atoms with Crippen LogP contribution in [0.5, 0.6) is 0 Å². The third-order valence-corrected chi connectivity index (χ3v) is 2.24. The van der Waals surface area contributed by atoms with Crippen molar-refractivity contribution < 1.29 is 9.53 Å². The number of hydrogen-bond acceptors (Lipinski definition) is 7. The summed E-state index contributed by atoms with van der Waals surface area (Å²) < 4.78 is 6.17. The molecule has 0 bridgehead atoms. The lowest BCUT2D eigenvalue weighted by Crippen LogP contribution is -2.09. The number of nitrogens with zero attached hydrogens (tertiary/aromatic N) is 5. The second kappa shape index (κ2) is 5.89. The van der Waals surface area contributed by atoms with Crippen LogP contribution in [0.15, 0.2) is 12.1 Å². The normalized spacial score (nSPS) is 10.5. The lowest BCUT2D eigenvalue weighted by atomic mass is 10.3. The largest absolute Gasteiger partial charge is 0.466 e. The number of carbonyl (C=O) groups is 1. The van der Waals surface area contributed by atoms with Crippen LogP contribution in [0.1, 0.15) is 19.8 Å². The Labute approximate surface area is 103 Å². The van der Waals surface area contributed by atoms with Crippen molar-refractivity contribution in [1.29, 1.82) is 0 Å². The minimum atomic E-state index is -0.178. The van der Waals surface area contributed by atoms with Gasteiger partial charge in [0.1, 0.15) is 5.82 Å². The molecule has 0 unspecified atom stereocenters. The van der Waals surface area contributed by atoms with E-state index in [0.29, 0.717) is 37.5 Å². The Hall–Kier alpha value is -2.25. The van der Waals surface area contributed by atoms with E-state index in [9.17, 15) is 4.79 Å². The van der Waals surface area contributed by atoms with Gasteiger partial charge in [-0.25, -0.2) is 0 Å². The van der Waals surface area contributed by atoms with E-state index in [1.807, 2.05) is 0 Å². The van der Waals surface area contributed by atoms with Crippen LogP contribution in [0.2, 0.25) is 0 Å². The highest BCUT2D eigenvalue weighted by Gasteiger charge is 2.02. The van der Waals surface area contributed by atoms with Crippen molar-refractivity contribution in [2.24, 2.45) is 0 Å². The Kier molecular flexibility index (Phi) is 4.00. The van der Waals surface area contributed by atoms with Crippen LogP contribution >= 0.6 is 0 Å². The van der Waals surface area contributed by atoms with E-state index in [1.165, 1.54) is 4.63 Å². The Morgan fingerprint density at radius 1 is 1.50 bits per heavy atom. The molecule has 2 heterocycles. The quantitative estimate of drug-likeness (QED) is 0.581. The van der Waals surface area contributed by atoms with Crippen LogP contribution in [0.3, 0.4) is 0 Å². The number of anilines is 1. The zero-order valence-corrected chi connectivity index (χ0v) is 10.0. The smallest absolute Gasteiger partial charge is 0.305 e. The molecule has 0 amide bonds. The molecule has 0 atom stereocenters. The van der Waals surface area contributed by atoms with Gasteiger partial charge >= 0.3 is 5.97 Å². The molecule has 1 N–H and O–H groups in total. The molecule has 0 fully saturated rings. The van der Waals surface area contributed by atoms with Crippen LogP contribution in [0, 0.1) is 0 Å². The van der Waals surface area contributed by atoms with Crippen LogP contribution < -0.4 is 5.32 Å². The lowest BCUT2D eigenvalue weighted by Gasteiger charge is -2.04. The highest BCUT2D eigenvalue weighted by Crippen LogP contribution is 2.03. The van der Waals surface area contributed by atoms with Gasteiger partial charge in [-0.1, -0.05) is 0 Å².